The number of rotatable bonds is 5. The van der Waals surface area contributed by atoms with Crippen LogP contribution in [0.1, 0.15) is 18.5 Å². The number of halogens is 2. The van der Waals surface area contributed by atoms with Crippen LogP contribution in [0.15, 0.2) is 65.9 Å². The molecule has 1 N–H and O–H groups in total. The Balaban J connectivity index is 2.03. The number of para-hydroxylation sites is 1. The van der Waals surface area contributed by atoms with E-state index in [-0.39, 0.29) is 5.75 Å². The molecule has 146 valence electrons. The molecule has 0 saturated carbocycles. The van der Waals surface area contributed by atoms with Crippen molar-refractivity contribution in [3.8, 4) is 5.75 Å². The van der Waals surface area contributed by atoms with Crippen LogP contribution in [0.25, 0.3) is 0 Å². The average Bonchev–Trinajstić information content (AvgIpc) is 2.68. The zero-order valence-electron chi connectivity index (χ0n) is 15.2. The molecule has 0 aromatic heterocycles. The van der Waals surface area contributed by atoms with Crippen LogP contribution >= 0.6 is 12.2 Å². The van der Waals surface area contributed by atoms with E-state index in [2.05, 4.69) is 10.1 Å². The van der Waals surface area contributed by atoms with Crippen molar-refractivity contribution in [3.05, 3.63) is 71.4 Å². The second-order valence-corrected chi connectivity index (χ2v) is 6.38. The summed E-state index contributed by atoms with van der Waals surface area (Å²) in [4.78, 5) is 14.3. The summed E-state index contributed by atoms with van der Waals surface area (Å²) in [7, 11) is 1.30. The van der Waals surface area contributed by atoms with Crippen molar-refractivity contribution >= 4 is 29.0 Å². The Morgan fingerprint density at radius 1 is 1.14 bits per heavy atom. The van der Waals surface area contributed by atoms with Crippen LogP contribution in [0, 0.1) is 0 Å². The Labute approximate surface area is 166 Å². The number of hydrogen-bond donors (Lipinski definition) is 1. The number of ether oxygens (including phenoxy) is 2. The molecule has 0 saturated heterocycles. The third-order valence-corrected chi connectivity index (χ3v) is 4.64. The number of nitrogens with one attached hydrogen (secondary N) is 1. The quantitative estimate of drug-likeness (QED) is 0.596. The first-order chi connectivity index (χ1) is 13.4. The Bertz CT molecular complexity index is 901. The Morgan fingerprint density at radius 3 is 2.36 bits per heavy atom. The number of nitrogens with zero attached hydrogens (tertiary/aromatic N) is 1. The van der Waals surface area contributed by atoms with Crippen molar-refractivity contribution < 1.29 is 23.0 Å². The molecular weight excluding hydrogens is 386 g/mol. The number of carbonyl (C=O) groups is 1. The molecule has 0 amide bonds. The van der Waals surface area contributed by atoms with Crippen molar-refractivity contribution in [1.29, 1.82) is 0 Å². The van der Waals surface area contributed by atoms with E-state index in [4.69, 9.17) is 17.0 Å². The molecule has 0 aliphatic carbocycles. The average molecular weight is 404 g/mol. The van der Waals surface area contributed by atoms with Crippen LogP contribution in [0.5, 0.6) is 5.75 Å². The highest BCUT2D eigenvalue weighted by molar-refractivity contribution is 7.80. The molecule has 0 radical (unpaired) electrons. The zero-order chi connectivity index (χ0) is 20.3. The summed E-state index contributed by atoms with van der Waals surface area (Å²) in [6.07, 6.45) is 0. The van der Waals surface area contributed by atoms with Gasteiger partial charge in [-0.2, -0.15) is 8.78 Å². The summed E-state index contributed by atoms with van der Waals surface area (Å²) in [6, 6.07) is 14.8. The molecule has 5 nitrogen and oxygen atoms in total. The van der Waals surface area contributed by atoms with Gasteiger partial charge in [-0.3, -0.25) is 4.90 Å². The highest BCUT2D eigenvalue weighted by Gasteiger charge is 2.35. The number of allylic oxidation sites excluding steroid dienone is 1. The number of hydrogen-bond acceptors (Lipinski definition) is 4. The number of anilines is 1. The smallest absolute Gasteiger partial charge is 0.387 e. The molecule has 0 spiro atoms. The summed E-state index contributed by atoms with van der Waals surface area (Å²) >= 11 is 5.53. The largest absolute Gasteiger partial charge is 0.466 e. The van der Waals surface area contributed by atoms with Gasteiger partial charge in [-0.15, -0.1) is 0 Å². The minimum absolute atomic E-state index is 0.0309. The molecule has 2 aromatic carbocycles. The van der Waals surface area contributed by atoms with Gasteiger partial charge in [0.1, 0.15) is 5.75 Å². The SMILES string of the molecule is COC(=O)C1=C(C)N(c2ccccc2)C(=S)N[C@@H]1c1ccc(OC(F)F)cc1. The highest BCUT2D eigenvalue weighted by Crippen LogP contribution is 2.34. The monoisotopic (exact) mass is 404 g/mol. The fourth-order valence-corrected chi connectivity index (χ4v) is 3.46. The van der Waals surface area contributed by atoms with Crippen molar-refractivity contribution in [3.63, 3.8) is 0 Å². The first-order valence-electron chi connectivity index (χ1n) is 8.42. The van der Waals surface area contributed by atoms with Crippen LogP contribution in [0.2, 0.25) is 0 Å². The van der Waals surface area contributed by atoms with Gasteiger partial charge in [-0.1, -0.05) is 30.3 Å². The van der Waals surface area contributed by atoms with E-state index in [1.165, 1.54) is 19.2 Å². The van der Waals surface area contributed by atoms with E-state index in [0.717, 1.165) is 5.69 Å². The molecule has 1 aliphatic rings. The van der Waals surface area contributed by atoms with E-state index >= 15 is 0 Å². The van der Waals surface area contributed by atoms with Crippen molar-refractivity contribution in [2.45, 2.75) is 19.6 Å². The van der Waals surface area contributed by atoms with E-state index in [1.54, 1.807) is 24.0 Å². The third kappa shape index (κ3) is 3.96. The third-order valence-electron chi connectivity index (χ3n) is 4.34. The normalized spacial score (nSPS) is 16.8. The Kier molecular flexibility index (Phi) is 5.89. The van der Waals surface area contributed by atoms with Crippen LogP contribution in [0.4, 0.5) is 14.5 Å². The topological polar surface area (TPSA) is 50.8 Å². The van der Waals surface area contributed by atoms with Gasteiger partial charge in [-0.05, 0) is 49.0 Å². The molecule has 2 aromatic rings. The summed E-state index contributed by atoms with van der Waals surface area (Å²) in [6.45, 7) is -1.12. The maximum absolute atomic E-state index is 12.5. The lowest BCUT2D eigenvalue weighted by Gasteiger charge is -2.37. The molecule has 28 heavy (non-hydrogen) atoms. The van der Waals surface area contributed by atoms with Crippen molar-refractivity contribution in [2.75, 3.05) is 12.0 Å². The minimum atomic E-state index is -2.90. The maximum Gasteiger partial charge on any atom is 0.387 e. The fraction of sp³-hybridized carbons (Fsp3) is 0.200. The first kappa shape index (κ1) is 19.8. The van der Waals surface area contributed by atoms with Gasteiger partial charge in [0.25, 0.3) is 0 Å². The Hall–Kier alpha value is -3.00. The van der Waals surface area contributed by atoms with Gasteiger partial charge in [0, 0.05) is 11.4 Å². The predicted octanol–water partition coefficient (Wildman–Crippen LogP) is 4.17. The second-order valence-electron chi connectivity index (χ2n) is 5.99. The lowest BCUT2D eigenvalue weighted by molar-refractivity contribution is -0.136. The minimum Gasteiger partial charge on any atom is -0.466 e. The maximum atomic E-state index is 12.5. The molecule has 1 heterocycles. The van der Waals surface area contributed by atoms with E-state index < -0.39 is 18.6 Å². The summed E-state index contributed by atoms with van der Waals surface area (Å²) in [5, 5.41) is 3.56. The molecule has 0 bridgehead atoms. The lowest BCUT2D eigenvalue weighted by atomic mass is 9.94. The van der Waals surface area contributed by atoms with Crippen LogP contribution < -0.4 is 15.0 Å². The van der Waals surface area contributed by atoms with Gasteiger partial charge < -0.3 is 14.8 Å². The van der Waals surface area contributed by atoms with Gasteiger partial charge >= 0.3 is 12.6 Å². The summed E-state index contributed by atoms with van der Waals surface area (Å²) in [5.41, 5.74) is 2.47. The van der Waals surface area contributed by atoms with E-state index in [9.17, 15) is 13.6 Å². The van der Waals surface area contributed by atoms with Crippen molar-refractivity contribution in [1.82, 2.24) is 5.32 Å². The van der Waals surface area contributed by atoms with Gasteiger partial charge in [-0.25, -0.2) is 4.79 Å². The lowest BCUT2D eigenvalue weighted by Crippen LogP contribution is -2.48. The van der Waals surface area contributed by atoms with Gasteiger partial charge in [0.05, 0.1) is 18.7 Å². The second kappa shape index (κ2) is 8.35. The number of esters is 1. The fourth-order valence-electron chi connectivity index (χ4n) is 3.10. The molecule has 8 heteroatoms. The van der Waals surface area contributed by atoms with Gasteiger partial charge in [0.15, 0.2) is 5.11 Å². The zero-order valence-corrected chi connectivity index (χ0v) is 16.0. The van der Waals surface area contributed by atoms with E-state index in [0.29, 0.717) is 21.9 Å². The molecular formula is C20H18F2N2O3S. The van der Waals surface area contributed by atoms with Crippen molar-refractivity contribution in [2.24, 2.45) is 0 Å². The highest BCUT2D eigenvalue weighted by atomic mass is 32.1. The van der Waals surface area contributed by atoms with Crippen LogP contribution in [-0.4, -0.2) is 24.8 Å². The number of alkyl halides is 2. The van der Waals surface area contributed by atoms with Crippen LogP contribution in [-0.2, 0) is 9.53 Å². The number of carbonyl (C=O) groups excluding carboxylic acids is 1. The Morgan fingerprint density at radius 2 is 1.79 bits per heavy atom. The van der Waals surface area contributed by atoms with Gasteiger partial charge in [0.2, 0.25) is 0 Å². The molecule has 3 rings (SSSR count). The molecule has 0 unspecified atom stereocenters. The summed E-state index contributed by atoms with van der Waals surface area (Å²) in [5.74, 6) is -0.477. The van der Waals surface area contributed by atoms with E-state index in [1.807, 2.05) is 30.3 Å². The number of benzene rings is 2. The molecule has 1 aliphatic heterocycles. The number of thiocarbonyl (C=S) groups is 1. The predicted molar refractivity (Wildman–Crippen MR) is 105 cm³/mol. The van der Waals surface area contributed by atoms with Crippen LogP contribution in [0.3, 0.4) is 0 Å². The molecule has 0 fully saturated rings. The summed E-state index contributed by atoms with van der Waals surface area (Å²) < 4.78 is 34.1. The number of methoxy groups -OCH3 is 1. The standard InChI is InChI=1S/C20H18F2N2O3S/c1-12-16(18(25)26-2)17(13-8-10-15(11-9-13)27-19(21)22)23-20(28)24(12)14-6-4-3-5-7-14/h3-11,17,19H,1-2H3,(H,23,28)/t17-/m1/s1. The molecule has 1 atom stereocenters. The first-order valence-corrected chi connectivity index (χ1v) is 8.82.